The number of amides is 1. The van der Waals surface area contributed by atoms with Gasteiger partial charge in [0.25, 0.3) is 5.91 Å². The minimum Gasteiger partial charge on any atom is -0.352 e. The van der Waals surface area contributed by atoms with E-state index in [2.05, 4.69) is 27.4 Å². The number of fused-ring (bicyclic) bond motifs is 1. The Kier molecular flexibility index (Phi) is 4.51. The van der Waals surface area contributed by atoms with Crippen molar-refractivity contribution in [3.8, 4) is 0 Å². The minimum atomic E-state index is 0.00130. The van der Waals surface area contributed by atoms with Gasteiger partial charge in [0.2, 0.25) is 0 Å². The van der Waals surface area contributed by atoms with Gasteiger partial charge in [0.15, 0.2) is 0 Å². The first-order valence-electron chi connectivity index (χ1n) is 9.09. The lowest BCUT2D eigenvalue weighted by Gasteiger charge is -2.10. The molecule has 0 saturated heterocycles. The van der Waals surface area contributed by atoms with Gasteiger partial charge >= 0.3 is 0 Å². The van der Waals surface area contributed by atoms with Crippen LogP contribution < -0.4 is 5.32 Å². The molecule has 1 aliphatic rings. The van der Waals surface area contributed by atoms with E-state index in [1.165, 1.54) is 31.2 Å². The van der Waals surface area contributed by atoms with Gasteiger partial charge in [0, 0.05) is 18.5 Å². The van der Waals surface area contributed by atoms with E-state index in [4.69, 9.17) is 0 Å². The SMILES string of the molecule is O=C(NCC1CCCC1)c1ccc2[nH]c(Cc3ccccc3)nc2c1. The Morgan fingerprint density at radius 3 is 2.72 bits per heavy atom. The number of benzene rings is 2. The molecule has 3 aromatic rings. The van der Waals surface area contributed by atoms with Crippen molar-refractivity contribution in [1.82, 2.24) is 15.3 Å². The number of hydrogen-bond donors (Lipinski definition) is 2. The number of carbonyl (C=O) groups is 1. The number of hydrogen-bond acceptors (Lipinski definition) is 2. The van der Waals surface area contributed by atoms with Crippen molar-refractivity contribution in [2.24, 2.45) is 5.92 Å². The summed E-state index contributed by atoms with van der Waals surface area (Å²) >= 11 is 0. The van der Waals surface area contributed by atoms with Crippen molar-refractivity contribution in [2.75, 3.05) is 6.54 Å². The molecule has 1 aromatic heterocycles. The largest absolute Gasteiger partial charge is 0.352 e. The maximum Gasteiger partial charge on any atom is 0.251 e. The van der Waals surface area contributed by atoms with Gasteiger partial charge in [-0.2, -0.15) is 0 Å². The van der Waals surface area contributed by atoms with E-state index < -0.39 is 0 Å². The molecule has 0 spiro atoms. The van der Waals surface area contributed by atoms with Crippen LogP contribution in [0.4, 0.5) is 0 Å². The highest BCUT2D eigenvalue weighted by Crippen LogP contribution is 2.24. The molecule has 1 heterocycles. The fourth-order valence-corrected chi connectivity index (χ4v) is 3.63. The fraction of sp³-hybridized carbons (Fsp3) is 0.333. The van der Waals surface area contributed by atoms with Gasteiger partial charge in [0.1, 0.15) is 5.82 Å². The van der Waals surface area contributed by atoms with Crippen LogP contribution in [0, 0.1) is 5.92 Å². The molecule has 4 nitrogen and oxygen atoms in total. The quantitative estimate of drug-likeness (QED) is 0.739. The number of aromatic nitrogens is 2. The van der Waals surface area contributed by atoms with Gasteiger partial charge in [-0.3, -0.25) is 4.79 Å². The third-order valence-electron chi connectivity index (χ3n) is 5.03. The highest BCUT2D eigenvalue weighted by atomic mass is 16.1. The number of nitrogens with one attached hydrogen (secondary N) is 2. The molecule has 128 valence electrons. The summed E-state index contributed by atoms with van der Waals surface area (Å²) in [7, 11) is 0. The third kappa shape index (κ3) is 3.73. The Balaban J connectivity index is 1.46. The summed E-state index contributed by atoms with van der Waals surface area (Å²) in [4.78, 5) is 20.4. The van der Waals surface area contributed by atoms with Crippen LogP contribution in [0.25, 0.3) is 11.0 Å². The van der Waals surface area contributed by atoms with Crippen molar-refractivity contribution < 1.29 is 4.79 Å². The third-order valence-corrected chi connectivity index (χ3v) is 5.03. The lowest BCUT2D eigenvalue weighted by Crippen LogP contribution is -2.28. The van der Waals surface area contributed by atoms with Crippen molar-refractivity contribution in [1.29, 1.82) is 0 Å². The van der Waals surface area contributed by atoms with E-state index in [1.54, 1.807) is 0 Å². The standard InChI is InChI=1S/C21H23N3O/c25-21(22-14-16-8-4-5-9-16)17-10-11-18-19(13-17)24-20(23-18)12-15-6-2-1-3-7-15/h1-3,6-7,10-11,13,16H,4-5,8-9,12,14H2,(H,22,25)(H,23,24). The number of H-pyrrole nitrogens is 1. The molecule has 0 radical (unpaired) electrons. The Morgan fingerprint density at radius 1 is 1.12 bits per heavy atom. The summed E-state index contributed by atoms with van der Waals surface area (Å²) in [6.07, 6.45) is 5.83. The Bertz CT molecular complexity index is 863. The van der Waals surface area contributed by atoms with Gasteiger partial charge in [-0.25, -0.2) is 4.98 Å². The molecule has 0 atom stereocenters. The minimum absolute atomic E-state index is 0.00130. The zero-order valence-electron chi connectivity index (χ0n) is 14.3. The molecule has 2 aromatic carbocycles. The van der Waals surface area contributed by atoms with E-state index >= 15 is 0 Å². The summed E-state index contributed by atoms with van der Waals surface area (Å²) in [5.41, 5.74) is 3.72. The molecule has 4 rings (SSSR count). The van der Waals surface area contributed by atoms with Crippen LogP contribution in [-0.2, 0) is 6.42 Å². The number of nitrogens with zero attached hydrogens (tertiary/aromatic N) is 1. The molecule has 2 N–H and O–H groups in total. The first-order valence-corrected chi connectivity index (χ1v) is 9.09. The molecule has 1 amide bonds. The number of imidazole rings is 1. The highest BCUT2D eigenvalue weighted by Gasteiger charge is 2.16. The molecule has 1 fully saturated rings. The zero-order valence-corrected chi connectivity index (χ0v) is 14.3. The molecule has 0 bridgehead atoms. The van der Waals surface area contributed by atoms with Gasteiger partial charge < -0.3 is 10.3 Å². The molecule has 25 heavy (non-hydrogen) atoms. The second-order valence-electron chi connectivity index (χ2n) is 6.94. The summed E-state index contributed by atoms with van der Waals surface area (Å²) < 4.78 is 0. The Morgan fingerprint density at radius 2 is 1.92 bits per heavy atom. The van der Waals surface area contributed by atoms with Crippen LogP contribution in [0.5, 0.6) is 0 Å². The van der Waals surface area contributed by atoms with E-state index in [1.807, 2.05) is 36.4 Å². The normalized spacial score (nSPS) is 14.9. The number of aromatic amines is 1. The van der Waals surface area contributed by atoms with Crippen molar-refractivity contribution >= 4 is 16.9 Å². The average molecular weight is 333 g/mol. The van der Waals surface area contributed by atoms with E-state index in [-0.39, 0.29) is 5.91 Å². The van der Waals surface area contributed by atoms with Crippen molar-refractivity contribution in [2.45, 2.75) is 32.1 Å². The van der Waals surface area contributed by atoms with Crippen molar-refractivity contribution in [3.63, 3.8) is 0 Å². The second-order valence-corrected chi connectivity index (χ2v) is 6.94. The highest BCUT2D eigenvalue weighted by molar-refractivity contribution is 5.97. The zero-order chi connectivity index (χ0) is 17.1. The van der Waals surface area contributed by atoms with Crippen LogP contribution in [0.3, 0.4) is 0 Å². The smallest absolute Gasteiger partial charge is 0.251 e. The second kappa shape index (κ2) is 7.09. The maximum atomic E-state index is 12.4. The van der Waals surface area contributed by atoms with Gasteiger partial charge in [-0.15, -0.1) is 0 Å². The summed E-state index contributed by atoms with van der Waals surface area (Å²) in [6.45, 7) is 0.788. The summed E-state index contributed by atoms with van der Waals surface area (Å²) in [5.74, 6) is 1.57. The van der Waals surface area contributed by atoms with Crippen molar-refractivity contribution in [3.05, 3.63) is 65.5 Å². The fourth-order valence-electron chi connectivity index (χ4n) is 3.63. The number of rotatable bonds is 5. The van der Waals surface area contributed by atoms with Crippen LogP contribution >= 0.6 is 0 Å². The summed E-state index contributed by atoms with van der Waals surface area (Å²) in [5, 5.41) is 3.08. The molecule has 1 aliphatic carbocycles. The van der Waals surface area contributed by atoms with Gasteiger partial charge in [-0.1, -0.05) is 43.2 Å². The topological polar surface area (TPSA) is 57.8 Å². The maximum absolute atomic E-state index is 12.4. The molecular weight excluding hydrogens is 310 g/mol. The average Bonchev–Trinajstić information content (AvgIpc) is 3.29. The Labute approximate surface area is 147 Å². The van der Waals surface area contributed by atoms with Crippen LogP contribution in [-0.4, -0.2) is 22.4 Å². The van der Waals surface area contributed by atoms with E-state index in [9.17, 15) is 4.79 Å². The lowest BCUT2D eigenvalue weighted by atomic mass is 10.1. The lowest BCUT2D eigenvalue weighted by molar-refractivity contribution is 0.0947. The predicted molar refractivity (Wildman–Crippen MR) is 99.6 cm³/mol. The van der Waals surface area contributed by atoms with Crippen LogP contribution in [0.15, 0.2) is 48.5 Å². The monoisotopic (exact) mass is 333 g/mol. The summed E-state index contributed by atoms with van der Waals surface area (Å²) in [6, 6.07) is 16.0. The molecule has 4 heteroatoms. The Hall–Kier alpha value is -2.62. The van der Waals surface area contributed by atoms with E-state index in [0.29, 0.717) is 11.5 Å². The number of carbonyl (C=O) groups excluding carboxylic acids is 1. The molecular formula is C21H23N3O. The molecule has 0 aliphatic heterocycles. The molecule has 1 saturated carbocycles. The first-order chi connectivity index (χ1) is 12.3. The van der Waals surface area contributed by atoms with Crippen LogP contribution in [0.2, 0.25) is 0 Å². The first kappa shape index (κ1) is 15.9. The van der Waals surface area contributed by atoms with Gasteiger partial charge in [0.05, 0.1) is 11.0 Å². The van der Waals surface area contributed by atoms with Gasteiger partial charge in [-0.05, 0) is 42.5 Å². The molecule has 0 unspecified atom stereocenters. The van der Waals surface area contributed by atoms with E-state index in [0.717, 1.165) is 29.8 Å². The van der Waals surface area contributed by atoms with Crippen LogP contribution in [0.1, 0.15) is 47.4 Å². The predicted octanol–water partition coefficient (Wildman–Crippen LogP) is 4.07.